The van der Waals surface area contributed by atoms with E-state index in [9.17, 15) is 9.59 Å². The van der Waals surface area contributed by atoms with Gasteiger partial charge in [-0.2, -0.15) is 5.10 Å². The molecule has 2 heterocycles. The number of carbonyl (C=O) groups excluding carboxylic acids is 2. The molecule has 1 aromatic carbocycles. The standard InChI is InChI=1S/C17H17N5O2S/c1-4-13-19-20-17(25-13)18-16(24)15(23)14-10(2)21-22(11(14)3)12-8-6-5-7-9-12/h5-9H,4H2,1-3H3,(H,18,20,24). The number of aryl methyl sites for hydroxylation is 2. The lowest BCUT2D eigenvalue weighted by Crippen LogP contribution is -2.24. The summed E-state index contributed by atoms with van der Waals surface area (Å²) < 4.78 is 1.66. The molecule has 0 aliphatic heterocycles. The second kappa shape index (κ2) is 6.94. The van der Waals surface area contributed by atoms with E-state index in [4.69, 9.17) is 0 Å². The lowest BCUT2D eigenvalue weighted by molar-refractivity contribution is -0.112. The highest BCUT2D eigenvalue weighted by molar-refractivity contribution is 7.15. The quantitative estimate of drug-likeness (QED) is 0.561. The Morgan fingerprint density at radius 1 is 1.16 bits per heavy atom. The zero-order chi connectivity index (χ0) is 18.0. The Morgan fingerprint density at radius 2 is 1.88 bits per heavy atom. The Kier molecular flexibility index (Phi) is 4.71. The van der Waals surface area contributed by atoms with Crippen molar-refractivity contribution < 1.29 is 9.59 Å². The number of ketones is 1. The van der Waals surface area contributed by atoms with E-state index in [0.29, 0.717) is 22.1 Å². The first-order valence-corrected chi connectivity index (χ1v) is 8.62. The zero-order valence-corrected chi connectivity index (χ0v) is 14.9. The van der Waals surface area contributed by atoms with Gasteiger partial charge in [0, 0.05) is 0 Å². The van der Waals surface area contributed by atoms with Crippen LogP contribution in [0.4, 0.5) is 5.13 Å². The first kappa shape index (κ1) is 17.0. The third-order valence-electron chi connectivity index (χ3n) is 3.72. The number of benzene rings is 1. The molecule has 0 radical (unpaired) electrons. The summed E-state index contributed by atoms with van der Waals surface area (Å²) in [5.41, 5.74) is 2.27. The fourth-order valence-electron chi connectivity index (χ4n) is 2.51. The Hall–Kier alpha value is -2.87. The first-order chi connectivity index (χ1) is 12.0. The fourth-order valence-corrected chi connectivity index (χ4v) is 3.18. The summed E-state index contributed by atoms with van der Waals surface area (Å²) in [4.78, 5) is 24.9. The molecule has 2 aromatic heterocycles. The maximum absolute atomic E-state index is 12.6. The molecule has 0 spiro atoms. The van der Waals surface area contributed by atoms with Gasteiger partial charge in [0.1, 0.15) is 5.01 Å². The van der Waals surface area contributed by atoms with Crippen LogP contribution in [0.15, 0.2) is 30.3 Å². The summed E-state index contributed by atoms with van der Waals surface area (Å²) >= 11 is 1.26. The van der Waals surface area contributed by atoms with Crippen molar-refractivity contribution in [2.24, 2.45) is 0 Å². The van der Waals surface area contributed by atoms with E-state index in [-0.39, 0.29) is 0 Å². The average molecular weight is 355 g/mol. The van der Waals surface area contributed by atoms with Gasteiger partial charge in [0.2, 0.25) is 5.13 Å². The molecular weight excluding hydrogens is 338 g/mol. The predicted octanol–water partition coefficient (Wildman–Crippen LogP) is 2.72. The second-order valence-corrected chi connectivity index (χ2v) is 6.49. The molecule has 0 aliphatic carbocycles. The molecule has 0 saturated carbocycles. The van der Waals surface area contributed by atoms with Gasteiger partial charge in [-0.1, -0.05) is 36.5 Å². The third-order valence-corrected chi connectivity index (χ3v) is 4.70. The number of carbonyl (C=O) groups is 2. The fraction of sp³-hybridized carbons (Fsp3) is 0.235. The van der Waals surface area contributed by atoms with E-state index in [1.807, 2.05) is 37.3 Å². The largest absolute Gasteiger partial charge is 0.298 e. The van der Waals surface area contributed by atoms with Gasteiger partial charge < -0.3 is 0 Å². The topological polar surface area (TPSA) is 89.8 Å². The molecule has 1 N–H and O–H groups in total. The lowest BCUT2D eigenvalue weighted by atomic mass is 10.1. The van der Waals surface area contributed by atoms with E-state index in [0.717, 1.165) is 17.1 Å². The van der Waals surface area contributed by atoms with Crippen molar-refractivity contribution in [1.82, 2.24) is 20.0 Å². The molecule has 0 atom stereocenters. The maximum atomic E-state index is 12.6. The van der Waals surface area contributed by atoms with E-state index in [1.54, 1.807) is 18.5 Å². The molecule has 0 saturated heterocycles. The van der Waals surface area contributed by atoms with Crippen LogP contribution in [0, 0.1) is 13.8 Å². The van der Waals surface area contributed by atoms with Gasteiger partial charge in [-0.25, -0.2) is 4.68 Å². The maximum Gasteiger partial charge on any atom is 0.298 e. The Bertz CT molecular complexity index is 930. The van der Waals surface area contributed by atoms with E-state index in [1.165, 1.54) is 11.3 Å². The van der Waals surface area contributed by atoms with Crippen LogP contribution in [0.2, 0.25) is 0 Å². The van der Waals surface area contributed by atoms with Crippen molar-refractivity contribution in [3.05, 3.63) is 52.3 Å². The molecule has 0 unspecified atom stereocenters. The average Bonchev–Trinajstić information content (AvgIpc) is 3.19. The summed E-state index contributed by atoms with van der Waals surface area (Å²) in [7, 11) is 0. The van der Waals surface area contributed by atoms with Crippen molar-refractivity contribution >= 4 is 28.2 Å². The molecule has 7 nitrogen and oxygen atoms in total. The number of aromatic nitrogens is 4. The van der Waals surface area contributed by atoms with Gasteiger partial charge in [-0.3, -0.25) is 14.9 Å². The van der Waals surface area contributed by atoms with Gasteiger partial charge in [0.15, 0.2) is 0 Å². The second-order valence-electron chi connectivity index (χ2n) is 5.43. The van der Waals surface area contributed by atoms with Gasteiger partial charge in [0.25, 0.3) is 11.7 Å². The van der Waals surface area contributed by atoms with Gasteiger partial charge in [-0.05, 0) is 32.4 Å². The summed E-state index contributed by atoms with van der Waals surface area (Å²) in [5, 5.41) is 15.8. The summed E-state index contributed by atoms with van der Waals surface area (Å²) in [6.45, 7) is 5.43. The lowest BCUT2D eigenvalue weighted by Gasteiger charge is -2.04. The van der Waals surface area contributed by atoms with E-state index < -0.39 is 11.7 Å². The van der Waals surface area contributed by atoms with Crippen LogP contribution in [0.3, 0.4) is 0 Å². The van der Waals surface area contributed by atoms with Crippen LogP contribution < -0.4 is 5.32 Å². The van der Waals surface area contributed by atoms with Crippen molar-refractivity contribution in [1.29, 1.82) is 0 Å². The van der Waals surface area contributed by atoms with Crippen LogP contribution in [-0.2, 0) is 11.2 Å². The number of rotatable bonds is 5. The van der Waals surface area contributed by atoms with Crippen molar-refractivity contribution in [3.8, 4) is 5.69 Å². The van der Waals surface area contributed by atoms with E-state index in [2.05, 4.69) is 20.6 Å². The number of anilines is 1. The molecule has 25 heavy (non-hydrogen) atoms. The number of Topliss-reactive ketones (excluding diaryl/α,β-unsaturated/α-hetero) is 1. The van der Waals surface area contributed by atoms with Crippen LogP contribution in [0.25, 0.3) is 5.69 Å². The Morgan fingerprint density at radius 3 is 2.52 bits per heavy atom. The van der Waals surface area contributed by atoms with Crippen molar-refractivity contribution in [2.75, 3.05) is 5.32 Å². The van der Waals surface area contributed by atoms with Crippen LogP contribution >= 0.6 is 11.3 Å². The highest BCUT2D eigenvalue weighted by Crippen LogP contribution is 2.20. The Balaban J connectivity index is 1.87. The molecular formula is C17H17N5O2S. The summed E-state index contributed by atoms with van der Waals surface area (Å²) in [6.07, 6.45) is 0.726. The normalized spacial score (nSPS) is 10.7. The highest BCUT2D eigenvalue weighted by atomic mass is 32.1. The summed E-state index contributed by atoms with van der Waals surface area (Å²) in [5.74, 6) is -1.37. The first-order valence-electron chi connectivity index (χ1n) is 7.81. The molecule has 0 fully saturated rings. The van der Waals surface area contributed by atoms with Crippen LogP contribution in [0.5, 0.6) is 0 Å². The van der Waals surface area contributed by atoms with Crippen molar-refractivity contribution in [3.63, 3.8) is 0 Å². The summed E-state index contributed by atoms with van der Waals surface area (Å²) in [6, 6.07) is 9.46. The number of nitrogens with one attached hydrogen (secondary N) is 1. The minimum atomic E-state index is -0.738. The zero-order valence-electron chi connectivity index (χ0n) is 14.1. The monoisotopic (exact) mass is 355 g/mol. The van der Waals surface area contributed by atoms with Gasteiger partial charge in [-0.15, -0.1) is 10.2 Å². The molecule has 128 valence electrons. The minimum absolute atomic E-state index is 0.307. The number of nitrogens with zero attached hydrogens (tertiary/aromatic N) is 4. The number of hydrogen-bond donors (Lipinski definition) is 1. The molecule has 8 heteroatoms. The van der Waals surface area contributed by atoms with Gasteiger partial charge in [0.05, 0.1) is 22.6 Å². The number of amides is 1. The molecule has 3 rings (SSSR count). The van der Waals surface area contributed by atoms with Crippen LogP contribution in [0.1, 0.15) is 33.7 Å². The minimum Gasteiger partial charge on any atom is -0.294 e. The predicted molar refractivity (Wildman–Crippen MR) is 95.3 cm³/mol. The third kappa shape index (κ3) is 3.34. The molecule has 0 bridgehead atoms. The SMILES string of the molecule is CCc1nnc(NC(=O)C(=O)c2c(C)nn(-c3ccccc3)c2C)s1. The van der Waals surface area contributed by atoms with Crippen LogP contribution in [-0.4, -0.2) is 31.7 Å². The van der Waals surface area contributed by atoms with Crippen molar-refractivity contribution in [2.45, 2.75) is 27.2 Å². The number of para-hydroxylation sites is 1. The smallest absolute Gasteiger partial charge is 0.294 e. The van der Waals surface area contributed by atoms with E-state index >= 15 is 0 Å². The Labute approximate surface area is 148 Å². The molecule has 3 aromatic rings. The van der Waals surface area contributed by atoms with Gasteiger partial charge >= 0.3 is 0 Å². The molecule has 0 aliphatic rings. The number of hydrogen-bond acceptors (Lipinski definition) is 6. The molecule has 1 amide bonds. The highest BCUT2D eigenvalue weighted by Gasteiger charge is 2.25.